The zero-order chi connectivity index (χ0) is 8.97. The number of nitrogens with zero attached hydrogens (tertiary/aromatic N) is 1. The third-order valence-electron chi connectivity index (χ3n) is 1.55. The van der Waals surface area contributed by atoms with Gasteiger partial charge in [0.25, 0.3) is 0 Å². The molecule has 0 fully saturated rings. The van der Waals surface area contributed by atoms with Gasteiger partial charge in [-0.15, -0.1) is 0 Å². The Morgan fingerprint density at radius 2 is 2.17 bits per heavy atom. The van der Waals surface area contributed by atoms with Crippen LogP contribution in [0.25, 0.3) is 0 Å². The molecule has 0 bridgehead atoms. The molecule has 0 spiro atoms. The van der Waals surface area contributed by atoms with E-state index in [2.05, 4.69) is 11.9 Å². The molecule has 2 heteroatoms. The van der Waals surface area contributed by atoms with Gasteiger partial charge >= 0.3 is 0 Å². The van der Waals surface area contributed by atoms with Gasteiger partial charge in [-0.05, 0) is 31.9 Å². The number of pyridine rings is 1. The molecule has 12 heavy (non-hydrogen) atoms. The minimum absolute atomic E-state index is 0.221. The van der Waals surface area contributed by atoms with E-state index in [9.17, 15) is 0 Å². The summed E-state index contributed by atoms with van der Waals surface area (Å²) in [5.41, 5.74) is 1.22. The van der Waals surface area contributed by atoms with E-state index in [4.69, 9.17) is 4.74 Å². The molecule has 0 saturated heterocycles. The summed E-state index contributed by atoms with van der Waals surface area (Å²) in [7, 11) is 0. The Morgan fingerprint density at radius 1 is 1.42 bits per heavy atom. The van der Waals surface area contributed by atoms with Crippen molar-refractivity contribution in [2.24, 2.45) is 0 Å². The first-order chi connectivity index (χ1) is 5.72. The first-order valence-corrected chi connectivity index (χ1v) is 4.33. The highest BCUT2D eigenvalue weighted by atomic mass is 16.5. The van der Waals surface area contributed by atoms with Crippen LogP contribution in [0.4, 0.5) is 0 Å². The summed E-state index contributed by atoms with van der Waals surface area (Å²) in [6.45, 7) is 6.13. The highest BCUT2D eigenvalue weighted by Crippen LogP contribution is 2.12. The second-order valence-electron chi connectivity index (χ2n) is 3.05. The Balaban J connectivity index is 2.72. The molecule has 0 amide bonds. The Labute approximate surface area is 73.6 Å². The van der Waals surface area contributed by atoms with Crippen molar-refractivity contribution in [3.05, 3.63) is 24.0 Å². The van der Waals surface area contributed by atoms with E-state index in [-0.39, 0.29) is 6.10 Å². The summed E-state index contributed by atoms with van der Waals surface area (Å²) < 4.78 is 5.49. The molecular formula is C10H15NO. The molecule has 0 aliphatic rings. The summed E-state index contributed by atoms with van der Waals surface area (Å²) in [6, 6.07) is 2.03. The van der Waals surface area contributed by atoms with Crippen LogP contribution in [0, 0.1) is 0 Å². The van der Waals surface area contributed by atoms with Crippen molar-refractivity contribution in [1.29, 1.82) is 0 Å². The maximum absolute atomic E-state index is 5.49. The summed E-state index contributed by atoms with van der Waals surface area (Å²) >= 11 is 0. The third kappa shape index (κ3) is 2.53. The topological polar surface area (TPSA) is 22.1 Å². The van der Waals surface area contributed by atoms with Crippen LogP contribution < -0.4 is 4.74 Å². The Bertz CT molecular complexity index is 245. The van der Waals surface area contributed by atoms with Crippen LogP contribution >= 0.6 is 0 Å². The fourth-order valence-corrected chi connectivity index (χ4v) is 0.994. The monoisotopic (exact) mass is 165 g/mol. The van der Waals surface area contributed by atoms with E-state index in [1.165, 1.54) is 5.56 Å². The van der Waals surface area contributed by atoms with Gasteiger partial charge in [0.15, 0.2) is 0 Å². The van der Waals surface area contributed by atoms with Gasteiger partial charge in [0.05, 0.1) is 12.3 Å². The van der Waals surface area contributed by atoms with Crippen molar-refractivity contribution in [1.82, 2.24) is 4.98 Å². The number of ether oxygens (including phenoxy) is 1. The Morgan fingerprint density at radius 3 is 2.75 bits per heavy atom. The quantitative estimate of drug-likeness (QED) is 0.686. The maximum atomic E-state index is 5.49. The van der Waals surface area contributed by atoms with Crippen LogP contribution in [0.2, 0.25) is 0 Å². The lowest BCUT2D eigenvalue weighted by Crippen LogP contribution is -2.05. The van der Waals surface area contributed by atoms with Crippen molar-refractivity contribution in [2.75, 3.05) is 0 Å². The van der Waals surface area contributed by atoms with Gasteiger partial charge in [0, 0.05) is 6.20 Å². The molecule has 1 rings (SSSR count). The maximum Gasteiger partial charge on any atom is 0.138 e. The van der Waals surface area contributed by atoms with E-state index in [1.807, 2.05) is 26.1 Å². The van der Waals surface area contributed by atoms with Crippen LogP contribution in [0.3, 0.4) is 0 Å². The second kappa shape index (κ2) is 4.10. The zero-order valence-electron chi connectivity index (χ0n) is 7.87. The molecule has 0 unspecified atom stereocenters. The van der Waals surface area contributed by atoms with Crippen molar-refractivity contribution >= 4 is 0 Å². The molecule has 0 atom stereocenters. The van der Waals surface area contributed by atoms with Gasteiger partial charge in [0.2, 0.25) is 0 Å². The molecule has 0 aliphatic heterocycles. The molecule has 1 heterocycles. The molecule has 2 nitrogen and oxygen atoms in total. The fourth-order valence-electron chi connectivity index (χ4n) is 0.994. The lowest BCUT2D eigenvalue weighted by Gasteiger charge is -2.09. The second-order valence-corrected chi connectivity index (χ2v) is 3.05. The van der Waals surface area contributed by atoms with E-state index in [0.29, 0.717) is 0 Å². The molecule has 66 valence electrons. The summed E-state index contributed by atoms with van der Waals surface area (Å²) in [5, 5.41) is 0. The van der Waals surface area contributed by atoms with Gasteiger partial charge in [-0.2, -0.15) is 0 Å². The first-order valence-electron chi connectivity index (χ1n) is 4.33. The Hall–Kier alpha value is -1.05. The number of aryl methyl sites for hydroxylation is 1. The number of aromatic nitrogens is 1. The average Bonchev–Trinajstić information content (AvgIpc) is 2.03. The van der Waals surface area contributed by atoms with E-state index in [0.717, 1.165) is 12.2 Å². The van der Waals surface area contributed by atoms with Crippen LogP contribution in [-0.2, 0) is 6.42 Å². The average molecular weight is 165 g/mol. The highest BCUT2D eigenvalue weighted by molar-refractivity contribution is 5.23. The van der Waals surface area contributed by atoms with Crippen molar-refractivity contribution < 1.29 is 4.74 Å². The molecule has 0 aliphatic carbocycles. The molecule has 0 aromatic carbocycles. The molecule has 1 aromatic heterocycles. The predicted molar refractivity (Wildman–Crippen MR) is 49.4 cm³/mol. The van der Waals surface area contributed by atoms with Gasteiger partial charge < -0.3 is 4.74 Å². The smallest absolute Gasteiger partial charge is 0.138 e. The normalized spacial score (nSPS) is 10.3. The van der Waals surface area contributed by atoms with Crippen LogP contribution in [0.15, 0.2) is 18.5 Å². The SMILES string of the molecule is CCc1cncc(OC(C)C)c1. The van der Waals surface area contributed by atoms with Gasteiger partial charge in [0.1, 0.15) is 5.75 Å². The Kier molecular flexibility index (Phi) is 3.09. The van der Waals surface area contributed by atoms with E-state index >= 15 is 0 Å². The fraction of sp³-hybridized carbons (Fsp3) is 0.500. The molecule has 0 radical (unpaired) electrons. The molecule has 0 N–H and O–H groups in total. The van der Waals surface area contributed by atoms with Gasteiger partial charge in [-0.25, -0.2) is 0 Å². The van der Waals surface area contributed by atoms with Gasteiger partial charge in [-0.1, -0.05) is 6.92 Å². The largest absolute Gasteiger partial charge is 0.489 e. The summed E-state index contributed by atoms with van der Waals surface area (Å²) in [6.07, 6.45) is 4.84. The molecule has 0 saturated carbocycles. The molecule has 1 aromatic rings. The number of hydrogen-bond acceptors (Lipinski definition) is 2. The van der Waals surface area contributed by atoms with Crippen LogP contribution in [0.1, 0.15) is 26.3 Å². The first kappa shape index (κ1) is 9.04. The minimum Gasteiger partial charge on any atom is -0.489 e. The van der Waals surface area contributed by atoms with Gasteiger partial charge in [-0.3, -0.25) is 4.98 Å². The predicted octanol–water partition coefficient (Wildman–Crippen LogP) is 2.43. The summed E-state index contributed by atoms with van der Waals surface area (Å²) in [5.74, 6) is 0.865. The standard InChI is InChI=1S/C10H15NO/c1-4-9-5-10(7-11-6-9)12-8(2)3/h5-8H,4H2,1-3H3. The molecular weight excluding hydrogens is 150 g/mol. The van der Waals surface area contributed by atoms with Crippen LogP contribution in [0.5, 0.6) is 5.75 Å². The van der Waals surface area contributed by atoms with Crippen molar-refractivity contribution in [3.63, 3.8) is 0 Å². The lowest BCUT2D eigenvalue weighted by molar-refractivity contribution is 0.241. The van der Waals surface area contributed by atoms with Crippen molar-refractivity contribution in [3.8, 4) is 5.75 Å². The number of hydrogen-bond donors (Lipinski definition) is 0. The van der Waals surface area contributed by atoms with E-state index < -0.39 is 0 Å². The third-order valence-corrected chi connectivity index (χ3v) is 1.55. The van der Waals surface area contributed by atoms with Crippen LogP contribution in [-0.4, -0.2) is 11.1 Å². The summed E-state index contributed by atoms with van der Waals surface area (Å²) in [4.78, 5) is 4.08. The lowest BCUT2D eigenvalue weighted by atomic mass is 10.2. The highest BCUT2D eigenvalue weighted by Gasteiger charge is 1.98. The zero-order valence-corrected chi connectivity index (χ0v) is 7.87. The van der Waals surface area contributed by atoms with E-state index in [1.54, 1.807) is 6.20 Å². The minimum atomic E-state index is 0.221. The number of rotatable bonds is 3. The van der Waals surface area contributed by atoms with Crippen molar-refractivity contribution in [2.45, 2.75) is 33.3 Å².